The van der Waals surface area contributed by atoms with E-state index in [0.717, 1.165) is 16.4 Å². The molecule has 2 heterocycles. The van der Waals surface area contributed by atoms with Crippen molar-refractivity contribution >= 4 is 40.0 Å². The van der Waals surface area contributed by atoms with Crippen LogP contribution in [0.2, 0.25) is 0 Å². The molecule has 28 heavy (non-hydrogen) atoms. The second-order valence-electron chi connectivity index (χ2n) is 5.79. The number of amides is 2. The lowest BCUT2D eigenvalue weighted by atomic mass is 9.99. The van der Waals surface area contributed by atoms with Crippen molar-refractivity contribution in [2.45, 2.75) is 19.0 Å². The summed E-state index contributed by atoms with van der Waals surface area (Å²) in [6.07, 6.45) is 0. The Balaban J connectivity index is 1.64. The number of hydrogen-bond acceptors (Lipinski definition) is 9. The first-order chi connectivity index (χ1) is 13.4. The van der Waals surface area contributed by atoms with Crippen molar-refractivity contribution in [1.82, 2.24) is 15.4 Å². The van der Waals surface area contributed by atoms with Crippen LogP contribution in [0.4, 0.5) is 5.13 Å². The van der Waals surface area contributed by atoms with E-state index in [1.807, 2.05) is 0 Å². The van der Waals surface area contributed by atoms with Gasteiger partial charge in [-0.1, -0.05) is 23.4 Å². The lowest BCUT2D eigenvalue weighted by Gasteiger charge is -2.42. The van der Waals surface area contributed by atoms with Crippen LogP contribution >= 0.6 is 11.3 Å². The first-order valence-corrected chi connectivity index (χ1v) is 9.04. The van der Waals surface area contributed by atoms with E-state index >= 15 is 0 Å². The molecule has 10 nitrogen and oxygen atoms in total. The van der Waals surface area contributed by atoms with Gasteiger partial charge < -0.3 is 20.7 Å². The van der Waals surface area contributed by atoms with Gasteiger partial charge in [0.05, 0.1) is 11.6 Å². The molecule has 0 saturated carbocycles. The van der Waals surface area contributed by atoms with Gasteiger partial charge in [0, 0.05) is 5.38 Å². The molecule has 3 N–H and O–H groups in total. The van der Waals surface area contributed by atoms with Gasteiger partial charge in [-0.2, -0.15) is 5.06 Å². The normalized spacial score (nSPS) is 19.0. The van der Waals surface area contributed by atoms with Crippen LogP contribution in [-0.2, 0) is 19.3 Å². The number of oxime groups is 1. The average molecular weight is 403 g/mol. The minimum Gasteiger partial charge on any atom is -0.398 e. The zero-order valence-corrected chi connectivity index (χ0v) is 15.8. The highest BCUT2D eigenvalue weighted by molar-refractivity contribution is 7.13. The van der Waals surface area contributed by atoms with Crippen molar-refractivity contribution in [2.24, 2.45) is 5.16 Å². The van der Waals surface area contributed by atoms with E-state index in [4.69, 9.17) is 10.6 Å². The van der Waals surface area contributed by atoms with Crippen molar-refractivity contribution in [2.75, 3.05) is 12.8 Å². The third-order valence-electron chi connectivity index (χ3n) is 3.98. The third-order valence-corrected chi connectivity index (χ3v) is 4.65. The number of hydrogen-bond donors (Lipinski definition) is 2. The van der Waals surface area contributed by atoms with Crippen LogP contribution < -0.4 is 11.1 Å². The number of thiazole rings is 1. The Kier molecular flexibility index (Phi) is 5.54. The van der Waals surface area contributed by atoms with E-state index in [1.54, 1.807) is 42.6 Å². The maximum absolute atomic E-state index is 12.5. The summed E-state index contributed by atoms with van der Waals surface area (Å²) in [5.41, 5.74) is 6.00. The summed E-state index contributed by atoms with van der Waals surface area (Å²) < 4.78 is 0. The Hall–Kier alpha value is -3.47. The first kappa shape index (κ1) is 19.3. The molecule has 2 amide bonds. The third kappa shape index (κ3) is 3.78. The number of nitrogen functional groups attached to an aromatic ring is 1. The SMILES string of the molecule is CON=C(C(=O)NC1C(=O)N(OC(=O)c2ccccc2)C1C)c1csc(N)n1. The monoisotopic (exact) mass is 403 g/mol. The van der Waals surface area contributed by atoms with Crippen LogP contribution in [0.3, 0.4) is 0 Å². The van der Waals surface area contributed by atoms with Gasteiger partial charge in [0.25, 0.3) is 11.8 Å². The highest BCUT2D eigenvalue weighted by atomic mass is 32.1. The maximum Gasteiger partial charge on any atom is 0.363 e. The Bertz CT molecular complexity index is 929. The van der Waals surface area contributed by atoms with Gasteiger partial charge in [0.1, 0.15) is 18.8 Å². The van der Waals surface area contributed by atoms with Crippen LogP contribution in [0.1, 0.15) is 23.0 Å². The summed E-state index contributed by atoms with van der Waals surface area (Å²) >= 11 is 1.14. The van der Waals surface area contributed by atoms with Gasteiger partial charge in [-0.15, -0.1) is 11.3 Å². The molecule has 0 bridgehead atoms. The van der Waals surface area contributed by atoms with E-state index in [9.17, 15) is 14.4 Å². The molecule has 1 aromatic heterocycles. The number of nitrogens with zero attached hydrogens (tertiary/aromatic N) is 3. The number of β-lactam (4-membered cyclic amide) rings is 1. The van der Waals surface area contributed by atoms with Gasteiger partial charge in [0.15, 0.2) is 10.8 Å². The summed E-state index contributed by atoms with van der Waals surface area (Å²) in [7, 11) is 1.28. The molecule has 2 unspecified atom stereocenters. The molecule has 11 heteroatoms. The number of benzene rings is 1. The molecule has 1 fully saturated rings. The molecule has 2 aromatic rings. The highest BCUT2D eigenvalue weighted by Crippen LogP contribution is 2.22. The van der Waals surface area contributed by atoms with Crippen molar-refractivity contribution in [1.29, 1.82) is 0 Å². The second-order valence-corrected chi connectivity index (χ2v) is 6.68. The predicted octanol–water partition coefficient (Wildman–Crippen LogP) is 0.563. The number of carbonyl (C=O) groups excluding carboxylic acids is 3. The molecule has 1 aliphatic heterocycles. The lowest BCUT2D eigenvalue weighted by Crippen LogP contribution is -2.70. The van der Waals surface area contributed by atoms with Crippen molar-refractivity contribution in [3.8, 4) is 0 Å². The summed E-state index contributed by atoms with van der Waals surface area (Å²) in [6.45, 7) is 1.64. The standard InChI is InChI=1S/C17H17N5O5S/c1-9-12(15(24)22(9)27-16(25)10-6-4-3-5-7-10)20-14(23)13(21-26-2)11-8-28-17(18)19-11/h3-9,12H,1-2H3,(H2,18,19)(H,20,23). The van der Waals surface area contributed by atoms with Crippen LogP contribution in [0.25, 0.3) is 0 Å². The Labute approximate surface area is 163 Å². The molecule has 0 radical (unpaired) electrons. The lowest BCUT2D eigenvalue weighted by molar-refractivity contribution is -0.208. The predicted molar refractivity (Wildman–Crippen MR) is 100 cm³/mol. The number of carbonyl (C=O) groups is 3. The van der Waals surface area contributed by atoms with E-state index < -0.39 is 29.9 Å². The molecule has 146 valence electrons. The van der Waals surface area contributed by atoms with Gasteiger partial charge in [-0.05, 0) is 19.1 Å². The van der Waals surface area contributed by atoms with E-state index in [0.29, 0.717) is 5.56 Å². The number of rotatable bonds is 6. The smallest absolute Gasteiger partial charge is 0.363 e. The van der Waals surface area contributed by atoms with Gasteiger partial charge in [-0.25, -0.2) is 9.78 Å². The number of hydroxylamine groups is 2. The Morgan fingerprint density at radius 2 is 2.04 bits per heavy atom. The average Bonchev–Trinajstić information content (AvgIpc) is 3.14. The zero-order chi connectivity index (χ0) is 20.3. The number of nitrogens with one attached hydrogen (secondary N) is 1. The topological polar surface area (TPSA) is 136 Å². The summed E-state index contributed by atoms with van der Waals surface area (Å²) in [5.74, 6) is -1.88. The molecule has 3 rings (SSSR count). The van der Waals surface area contributed by atoms with E-state index in [1.165, 1.54) is 7.11 Å². The molecule has 1 aliphatic rings. The zero-order valence-electron chi connectivity index (χ0n) is 15.0. The summed E-state index contributed by atoms with van der Waals surface area (Å²) in [4.78, 5) is 50.7. The van der Waals surface area contributed by atoms with Crippen molar-refractivity contribution < 1.29 is 24.1 Å². The van der Waals surface area contributed by atoms with Gasteiger partial charge in [0.2, 0.25) is 0 Å². The highest BCUT2D eigenvalue weighted by Gasteiger charge is 2.49. The fraction of sp³-hybridized carbons (Fsp3) is 0.235. The van der Waals surface area contributed by atoms with Crippen LogP contribution in [0.15, 0.2) is 40.9 Å². The van der Waals surface area contributed by atoms with Crippen molar-refractivity contribution in [3.05, 3.63) is 47.0 Å². The Morgan fingerprint density at radius 1 is 1.32 bits per heavy atom. The van der Waals surface area contributed by atoms with E-state index in [-0.39, 0.29) is 16.5 Å². The minimum atomic E-state index is -0.880. The van der Waals surface area contributed by atoms with Gasteiger partial charge >= 0.3 is 5.97 Å². The number of aromatic nitrogens is 1. The van der Waals surface area contributed by atoms with Crippen LogP contribution in [0.5, 0.6) is 0 Å². The molecule has 0 spiro atoms. The quantitative estimate of drug-likeness (QED) is 0.409. The van der Waals surface area contributed by atoms with Crippen LogP contribution in [-0.4, -0.2) is 52.7 Å². The molecular weight excluding hydrogens is 386 g/mol. The van der Waals surface area contributed by atoms with Crippen LogP contribution in [0, 0.1) is 0 Å². The molecule has 2 atom stereocenters. The minimum absolute atomic E-state index is 0.116. The first-order valence-electron chi connectivity index (χ1n) is 8.16. The largest absolute Gasteiger partial charge is 0.398 e. The molecule has 0 aliphatic carbocycles. The maximum atomic E-state index is 12.5. The fourth-order valence-corrected chi connectivity index (χ4v) is 3.07. The van der Waals surface area contributed by atoms with E-state index in [2.05, 4.69) is 20.3 Å². The second kappa shape index (κ2) is 8.05. The summed E-state index contributed by atoms with van der Waals surface area (Å²) in [5, 5.41) is 8.94. The van der Waals surface area contributed by atoms with Crippen molar-refractivity contribution in [3.63, 3.8) is 0 Å². The van der Waals surface area contributed by atoms with Gasteiger partial charge in [-0.3, -0.25) is 9.59 Å². The molecular formula is C17H17N5O5S. The number of nitrogens with two attached hydrogens (primary N) is 1. The fourth-order valence-electron chi connectivity index (χ4n) is 2.53. The Morgan fingerprint density at radius 3 is 2.61 bits per heavy atom. The molecule has 1 saturated heterocycles. The molecule has 1 aromatic carbocycles. The summed E-state index contributed by atoms with van der Waals surface area (Å²) in [6, 6.07) is 6.83. The number of anilines is 1.